The van der Waals surface area contributed by atoms with E-state index in [4.69, 9.17) is 19.4 Å². The van der Waals surface area contributed by atoms with Gasteiger partial charge in [-0.2, -0.15) is 0 Å². The van der Waals surface area contributed by atoms with Gasteiger partial charge < -0.3 is 39.9 Å². The number of benzene rings is 2. The quantitative estimate of drug-likeness (QED) is 0.136. The molecule has 290 valence electrons. The Morgan fingerprint density at radius 2 is 1.13 bits per heavy atom. The molecule has 0 aliphatic carbocycles. The number of nitrogens with zero attached hydrogens (tertiary/aromatic N) is 6. The minimum Gasteiger partial charge on any atom is -0.453 e. The molecule has 2 aliphatic heterocycles. The summed E-state index contributed by atoms with van der Waals surface area (Å²) in [5, 5.41) is 15.9. The lowest BCUT2D eigenvalue weighted by atomic mass is 10.0. The summed E-state index contributed by atoms with van der Waals surface area (Å²) in [4.78, 5) is 71.4. The van der Waals surface area contributed by atoms with Gasteiger partial charge in [0.15, 0.2) is 0 Å². The molecule has 2 fully saturated rings. The molecule has 0 saturated carbocycles. The number of methoxy groups -OCH3 is 2. The fourth-order valence-corrected chi connectivity index (χ4v) is 8.31. The number of amides is 4. The van der Waals surface area contributed by atoms with Crippen molar-refractivity contribution in [1.82, 2.24) is 50.6 Å². The molecule has 0 radical (unpaired) electrons. The Morgan fingerprint density at radius 3 is 1.51 bits per heavy atom. The molecule has 2 aliphatic rings. The van der Waals surface area contributed by atoms with Gasteiger partial charge in [-0.15, -0.1) is 10.2 Å². The molecule has 0 bridgehead atoms. The molecule has 55 heavy (non-hydrogen) atoms. The third-order valence-electron chi connectivity index (χ3n) is 10.4. The average molecular weight is 771 g/mol. The van der Waals surface area contributed by atoms with Crippen molar-refractivity contribution in [3.8, 4) is 21.1 Å². The maximum atomic E-state index is 13.6. The van der Waals surface area contributed by atoms with Crippen molar-refractivity contribution in [2.24, 2.45) is 11.8 Å². The van der Waals surface area contributed by atoms with Crippen LogP contribution in [-0.2, 0) is 19.1 Å². The van der Waals surface area contributed by atoms with Crippen molar-refractivity contribution in [2.75, 3.05) is 27.3 Å². The van der Waals surface area contributed by atoms with E-state index >= 15 is 0 Å². The van der Waals surface area contributed by atoms with Crippen LogP contribution in [-0.4, -0.2) is 103 Å². The number of alkyl carbamates (subject to hydrolysis) is 2. The van der Waals surface area contributed by atoms with Crippen molar-refractivity contribution in [2.45, 2.75) is 77.5 Å². The molecule has 2 aromatic carbocycles. The van der Waals surface area contributed by atoms with Crippen LogP contribution in [0.5, 0.6) is 0 Å². The third-order valence-corrected chi connectivity index (χ3v) is 11.4. The number of rotatable bonds is 10. The molecule has 7 rings (SSSR count). The highest BCUT2D eigenvalue weighted by molar-refractivity contribution is 7.17. The van der Waals surface area contributed by atoms with E-state index in [1.54, 1.807) is 9.80 Å². The third kappa shape index (κ3) is 7.57. The number of H-pyrrole nitrogens is 2. The SMILES string of the molecule is COC(=O)N[C@H](C(=O)N1CCC[C@H]1c1nc2cc(-c3nnc(-c4ccc5[nH]c([C@@H]6CCCN6C(=O)[C@@H](NC(=O)OC)C(C)C)nc5c4)s3)ccc2[nH]1)C(C)C. The summed E-state index contributed by atoms with van der Waals surface area (Å²) in [6.45, 7) is 8.72. The lowest BCUT2D eigenvalue weighted by Crippen LogP contribution is -2.51. The van der Waals surface area contributed by atoms with Gasteiger partial charge in [-0.25, -0.2) is 19.6 Å². The van der Waals surface area contributed by atoms with Gasteiger partial charge in [0.05, 0.1) is 48.4 Å². The summed E-state index contributed by atoms with van der Waals surface area (Å²) in [7, 11) is 2.57. The Balaban J connectivity index is 1.08. The Morgan fingerprint density at radius 1 is 0.709 bits per heavy atom. The van der Waals surface area contributed by atoms with Gasteiger partial charge in [0.2, 0.25) is 11.8 Å². The molecule has 4 atom stereocenters. The van der Waals surface area contributed by atoms with Gasteiger partial charge in [0.1, 0.15) is 33.7 Å². The molecule has 17 heteroatoms. The topological polar surface area (TPSA) is 200 Å². The van der Waals surface area contributed by atoms with Crippen LogP contribution < -0.4 is 10.6 Å². The van der Waals surface area contributed by atoms with E-state index in [1.807, 2.05) is 64.1 Å². The molecule has 5 aromatic rings. The first-order valence-corrected chi connectivity index (χ1v) is 19.4. The molecule has 5 heterocycles. The highest BCUT2D eigenvalue weighted by Gasteiger charge is 2.39. The normalized spacial score (nSPS) is 18.3. The first kappa shape index (κ1) is 37.7. The highest BCUT2D eigenvalue weighted by Crippen LogP contribution is 2.37. The number of hydrogen-bond donors (Lipinski definition) is 4. The lowest BCUT2D eigenvalue weighted by Gasteiger charge is -2.29. The smallest absolute Gasteiger partial charge is 0.407 e. The fourth-order valence-electron chi connectivity index (χ4n) is 7.48. The zero-order valence-electron chi connectivity index (χ0n) is 31.7. The summed E-state index contributed by atoms with van der Waals surface area (Å²) >= 11 is 1.46. The molecular formula is C38H46N10O6S. The predicted octanol–water partition coefficient (Wildman–Crippen LogP) is 5.71. The van der Waals surface area contributed by atoms with Crippen molar-refractivity contribution in [3.63, 3.8) is 0 Å². The Bertz CT molecular complexity index is 2080. The van der Waals surface area contributed by atoms with E-state index in [0.29, 0.717) is 24.7 Å². The summed E-state index contributed by atoms with van der Waals surface area (Å²) < 4.78 is 9.52. The summed E-state index contributed by atoms with van der Waals surface area (Å²) in [5.74, 6) is 0.842. The van der Waals surface area contributed by atoms with Gasteiger partial charge in [-0.05, 0) is 73.9 Å². The number of carbonyl (C=O) groups excluding carboxylic acids is 4. The Labute approximate surface area is 321 Å². The van der Waals surface area contributed by atoms with E-state index in [-0.39, 0.29) is 35.7 Å². The van der Waals surface area contributed by atoms with E-state index in [9.17, 15) is 19.2 Å². The monoisotopic (exact) mass is 770 g/mol. The predicted molar refractivity (Wildman–Crippen MR) is 206 cm³/mol. The first-order valence-electron chi connectivity index (χ1n) is 18.6. The van der Waals surface area contributed by atoms with Crippen LogP contribution in [0.2, 0.25) is 0 Å². The van der Waals surface area contributed by atoms with Gasteiger partial charge in [-0.1, -0.05) is 39.0 Å². The highest BCUT2D eigenvalue weighted by atomic mass is 32.1. The number of imidazole rings is 2. The number of aromatic nitrogens is 6. The number of carbonyl (C=O) groups is 4. The molecule has 16 nitrogen and oxygen atoms in total. The minimum atomic E-state index is -0.708. The minimum absolute atomic E-state index is 0.122. The van der Waals surface area contributed by atoms with E-state index in [2.05, 4.69) is 30.8 Å². The van der Waals surface area contributed by atoms with Crippen LogP contribution in [0.15, 0.2) is 36.4 Å². The molecule has 0 unspecified atom stereocenters. The molecule has 3 aromatic heterocycles. The second kappa shape index (κ2) is 15.6. The molecular weight excluding hydrogens is 725 g/mol. The fraction of sp³-hybridized carbons (Fsp3) is 0.474. The Hall–Kier alpha value is -5.58. The van der Waals surface area contributed by atoms with Gasteiger partial charge in [0.25, 0.3) is 0 Å². The van der Waals surface area contributed by atoms with Crippen molar-refractivity contribution >= 4 is 57.4 Å². The number of likely N-dealkylation sites (tertiary alicyclic amines) is 2. The maximum absolute atomic E-state index is 13.6. The van der Waals surface area contributed by atoms with E-state index in [1.165, 1.54) is 25.6 Å². The second-order valence-corrected chi connectivity index (χ2v) is 15.7. The largest absolute Gasteiger partial charge is 0.453 e. The van der Waals surface area contributed by atoms with Crippen LogP contribution in [0, 0.1) is 11.8 Å². The lowest BCUT2D eigenvalue weighted by molar-refractivity contribution is -0.136. The van der Waals surface area contributed by atoms with Crippen LogP contribution in [0.1, 0.15) is 77.1 Å². The zero-order chi connectivity index (χ0) is 39.0. The van der Waals surface area contributed by atoms with Crippen molar-refractivity contribution in [1.29, 1.82) is 0 Å². The Kier molecular flexibility index (Phi) is 10.7. The molecule has 4 N–H and O–H groups in total. The van der Waals surface area contributed by atoms with Crippen LogP contribution >= 0.6 is 11.3 Å². The van der Waals surface area contributed by atoms with Gasteiger partial charge >= 0.3 is 12.2 Å². The average Bonchev–Trinajstić information content (AvgIpc) is 4.02. The summed E-state index contributed by atoms with van der Waals surface area (Å²) in [6, 6.07) is 9.91. The number of aromatic amines is 2. The standard InChI is InChI=1S/C38H46N10O6S/c1-19(2)29(43-37(51)53-5)35(49)47-15-7-9-27(47)31-39-23-13-11-21(17-25(23)41-31)33-45-46-34(55-33)22-12-14-24-26(18-22)42-32(40-24)28-10-8-16-48(28)36(50)30(20(3)4)44-38(52)54-6/h11-14,17-20,27-30H,7-10,15-16H2,1-6H3,(H,39,41)(H,40,42)(H,43,51)(H,44,52)/t27-,28-,29-,30-/m0/s1. The van der Waals surface area contributed by atoms with Gasteiger partial charge in [0, 0.05) is 24.2 Å². The number of hydrogen-bond acceptors (Lipinski definition) is 11. The van der Waals surface area contributed by atoms with Gasteiger partial charge in [-0.3, -0.25) is 9.59 Å². The first-order chi connectivity index (χ1) is 26.4. The second-order valence-electron chi connectivity index (χ2n) is 14.7. The molecule has 4 amide bonds. The summed E-state index contributed by atoms with van der Waals surface area (Å²) in [6.07, 6.45) is 1.90. The van der Waals surface area contributed by atoms with Crippen molar-refractivity contribution in [3.05, 3.63) is 48.0 Å². The zero-order valence-corrected chi connectivity index (χ0v) is 32.5. The maximum Gasteiger partial charge on any atom is 0.407 e. The number of nitrogens with one attached hydrogen (secondary N) is 4. The van der Waals surface area contributed by atoms with E-state index < -0.39 is 24.3 Å². The van der Waals surface area contributed by atoms with Crippen LogP contribution in [0.3, 0.4) is 0 Å². The number of ether oxygens (including phenoxy) is 2. The molecule has 0 spiro atoms. The molecule has 2 saturated heterocycles. The van der Waals surface area contributed by atoms with Crippen molar-refractivity contribution < 1.29 is 28.7 Å². The van der Waals surface area contributed by atoms with Crippen LogP contribution in [0.25, 0.3) is 43.2 Å². The van der Waals surface area contributed by atoms with E-state index in [0.717, 1.165) is 68.9 Å². The summed E-state index contributed by atoms with van der Waals surface area (Å²) in [5.41, 5.74) is 4.93. The number of fused-ring (bicyclic) bond motifs is 2. The van der Waals surface area contributed by atoms with Crippen LogP contribution in [0.4, 0.5) is 9.59 Å².